The number of benzene rings is 10. The summed E-state index contributed by atoms with van der Waals surface area (Å²) in [5.41, 5.74) is 5.52. The quantitative estimate of drug-likeness (QED) is 0.161. The van der Waals surface area contributed by atoms with Gasteiger partial charge in [0.05, 0.1) is 0 Å². The highest BCUT2D eigenvalue weighted by atomic mass is 32.2. The third-order valence-corrected chi connectivity index (χ3v) is 16.1. The Hall–Kier alpha value is -5.97. The maximum atomic E-state index is 2.50. The SMILES string of the molecule is c1ccc2cc3cc(-c4cc5c(s4)c4c(c6cc(-c7ccc8cc9ccccc9cc8c7)sc65)SC(c5ccc6cc7ccccc7cc6c5)C4)ccc3cc2c1. The van der Waals surface area contributed by atoms with Gasteiger partial charge < -0.3 is 0 Å². The zero-order valence-electron chi connectivity index (χ0n) is 30.8. The number of fused-ring (bicyclic) bond motifs is 12. The van der Waals surface area contributed by atoms with Crippen molar-refractivity contribution in [2.45, 2.75) is 16.6 Å². The van der Waals surface area contributed by atoms with Crippen LogP contribution in [0.5, 0.6) is 0 Å². The van der Waals surface area contributed by atoms with Crippen molar-refractivity contribution < 1.29 is 0 Å². The summed E-state index contributed by atoms with van der Waals surface area (Å²) in [6.45, 7) is 0. The van der Waals surface area contributed by atoms with Crippen molar-refractivity contribution in [2.24, 2.45) is 0 Å². The Labute approximate surface area is 341 Å². The zero-order valence-corrected chi connectivity index (χ0v) is 33.2. The molecule has 0 amide bonds. The molecule has 0 spiro atoms. The molecular formula is C54H32S3. The highest BCUT2D eigenvalue weighted by Gasteiger charge is 2.31. The molecule has 266 valence electrons. The van der Waals surface area contributed by atoms with Gasteiger partial charge in [0.1, 0.15) is 0 Å². The largest absolute Gasteiger partial charge is 0.135 e. The number of rotatable bonds is 3. The average Bonchev–Trinajstić information content (AvgIpc) is 4.01. The van der Waals surface area contributed by atoms with Gasteiger partial charge in [0, 0.05) is 40.1 Å². The second-order valence-corrected chi connectivity index (χ2v) is 19.0. The van der Waals surface area contributed by atoms with E-state index in [2.05, 4.69) is 188 Å². The van der Waals surface area contributed by atoms with Crippen LogP contribution in [0.3, 0.4) is 0 Å². The number of thiophene rings is 2. The maximum Gasteiger partial charge on any atom is 0.0447 e. The first-order valence-corrected chi connectivity index (χ1v) is 22.1. The van der Waals surface area contributed by atoms with E-state index < -0.39 is 0 Å². The van der Waals surface area contributed by atoms with Crippen LogP contribution in [0.25, 0.3) is 106 Å². The lowest BCUT2D eigenvalue weighted by molar-refractivity contribution is 0.964. The molecule has 10 aromatic carbocycles. The molecule has 13 rings (SSSR count). The zero-order chi connectivity index (χ0) is 37.2. The van der Waals surface area contributed by atoms with Crippen LogP contribution < -0.4 is 0 Å². The van der Waals surface area contributed by atoms with E-state index in [1.807, 2.05) is 22.7 Å². The van der Waals surface area contributed by atoms with Crippen LogP contribution in [0.4, 0.5) is 0 Å². The smallest absolute Gasteiger partial charge is 0.0447 e. The van der Waals surface area contributed by atoms with Gasteiger partial charge >= 0.3 is 0 Å². The van der Waals surface area contributed by atoms with E-state index in [0.29, 0.717) is 5.25 Å². The first-order valence-electron chi connectivity index (χ1n) is 19.6. The predicted octanol–water partition coefficient (Wildman–Crippen LogP) is 16.8. The summed E-state index contributed by atoms with van der Waals surface area (Å²) in [6.07, 6.45) is 1.03. The van der Waals surface area contributed by atoms with Gasteiger partial charge in [-0.1, -0.05) is 109 Å². The lowest BCUT2D eigenvalue weighted by Gasteiger charge is -2.11. The normalized spacial score (nSPS) is 14.4. The minimum absolute atomic E-state index is 0.362. The van der Waals surface area contributed by atoms with Crippen LogP contribution in [0.15, 0.2) is 181 Å². The highest BCUT2D eigenvalue weighted by molar-refractivity contribution is 8.00. The van der Waals surface area contributed by atoms with E-state index in [1.165, 1.54) is 122 Å². The Kier molecular flexibility index (Phi) is 6.92. The van der Waals surface area contributed by atoms with Crippen molar-refractivity contribution in [2.75, 3.05) is 0 Å². The molecule has 0 bridgehead atoms. The summed E-state index contributed by atoms with van der Waals surface area (Å²) in [4.78, 5) is 4.14. The number of hydrogen-bond donors (Lipinski definition) is 0. The molecule has 1 aliphatic rings. The molecule has 0 saturated carbocycles. The summed E-state index contributed by atoms with van der Waals surface area (Å²) >= 11 is 6.03. The van der Waals surface area contributed by atoms with Crippen molar-refractivity contribution >= 4 is 119 Å². The summed E-state index contributed by atoms with van der Waals surface area (Å²) in [6, 6.07) is 66.4. The Balaban J connectivity index is 0.979. The van der Waals surface area contributed by atoms with Gasteiger partial charge in [0.2, 0.25) is 0 Å². The number of thioether (sulfide) groups is 1. The molecule has 57 heavy (non-hydrogen) atoms. The second-order valence-electron chi connectivity index (χ2n) is 15.7. The molecule has 1 aliphatic heterocycles. The molecular weight excluding hydrogens is 745 g/mol. The maximum absolute atomic E-state index is 2.50. The molecule has 0 N–H and O–H groups in total. The summed E-state index contributed by atoms with van der Waals surface area (Å²) in [5, 5.41) is 18.7. The Morgan fingerprint density at radius 3 is 1.30 bits per heavy atom. The molecule has 0 fully saturated rings. The molecule has 2 aromatic heterocycles. The first kappa shape index (κ1) is 32.2. The van der Waals surface area contributed by atoms with Gasteiger partial charge in [-0.05, 0) is 160 Å². The molecule has 12 aromatic rings. The molecule has 0 nitrogen and oxygen atoms in total. The van der Waals surface area contributed by atoms with E-state index in [9.17, 15) is 0 Å². The highest BCUT2D eigenvalue weighted by Crippen LogP contribution is 2.57. The Bertz CT molecular complexity index is 3480. The van der Waals surface area contributed by atoms with Crippen LogP contribution in [0, 0.1) is 0 Å². The van der Waals surface area contributed by atoms with E-state index >= 15 is 0 Å². The Morgan fingerprint density at radius 2 is 0.772 bits per heavy atom. The van der Waals surface area contributed by atoms with Crippen LogP contribution in [-0.2, 0) is 6.42 Å². The topological polar surface area (TPSA) is 0 Å². The summed E-state index contributed by atoms with van der Waals surface area (Å²) in [7, 11) is 0. The third-order valence-electron chi connectivity index (χ3n) is 12.2. The van der Waals surface area contributed by atoms with Gasteiger partial charge in [0.15, 0.2) is 0 Å². The van der Waals surface area contributed by atoms with E-state index in [-0.39, 0.29) is 0 Å². The monoisotopic (exact) mass is 776 g/mol. The molecule has 1 unspecified atom stereocenters. The fourth-order valence-corrected chi connectivity index (χ4v) is 13.3. The number of hydrogen-bond acceptors (Lipinski definition) is 3. The second kappa shape index (κ2) is 12.3. The van der Waals surface area contributed by atoms with Crippen LogP contribution in [0.1, 0.15) is 16.4 Å². The van der Waals surface area contributed by atoms with E-state index in [0.717, 1.165) is 6.42 Å². The molecule has 0 radical (unpaired) electrons. The molecule has 3 heteroatoms. The lowest BCUT2D eigenvalue weighted by Crippen LogP contribution is -1.92. The van der Waals surface area contributed by atoms with Gasteiger partial charge in [-0.15, -0.1) is 34.4 Å². The fraction of sp³-hybridized carbons (Fsp3) is 0.0370. The fourth-order valence-electron chi connectivity index (χ4n) is 9.31. The van der Waals surface area contributed by atoms with Crippen molar-refractivity contribution in [1.29, 1.82) is 0 Å². The molecule has 1 atom stereocenters. The standard InChI is InChI=1S/C54H32S3/c1-4-10-34-22-43-25-40(16-13-37(43)19-31(34)7-1)49-28-46-52(55-49)47-29-50(41-17-14-38-20-32-8-2-5-11-35(32)23-44(38)26-41)57-54(47)48-30-51(56-53(46)48)42-18-15-39-21-33-9-3-6-12-36(33)24-45(39)27-42/h1-29,51H,30H2. The van der Waals surface area contributed by atoms with Crippen molar-refractivity contribution in [3.05, 3.63) is 187 Å². The van der Waals surface area contributed by atoms with Crippen molar-refractivity contribution in [3.63, 3.8) is 0 Å². The Morgan fingerprint density at radius 1 is 0.351 bits per heavy atom. The van der Waals surface area contributed by atoms with Gasteiger partial charge in [-0.3, -0.25) is 0 Å². The van der Waals surface area contributed by atoms with Crippen LogP contribution in [-0.4, -0.2) is 0 Å². The third kappa shape index (κ3) is 5.13. The summed E-state index contributed by atoms with van der Waals surface area (Å²) < 4.78 is 2.86. The van der Waals surface area contributed by atoms with Gasteiger partial charge in [-0.2, -0.15) is 0 Å². The molecule has 0 aliphatic carbocycles. The average molecular weight is 777 g/mol. The van der Waals surface area contributed by atoms with E-state index in [1.54, 1.807) is 0 Å². The van der Waals surface area contributed by atoms with Gasteiger partial charge in [-0.25, -0.2) is 0 Å². The first-order chi connectivity index (χ1) is 28.1. The molecule has 0 saturated heterocycles. The van der Waals surface area contributed by atoms with Crippen molar-refractivity contribution in [1.82, 2.24) is 0 Å². The minimum atomic E-state index is 0.362. The van der Waals surface area contributed by atoms with Crippen molar-refractivity contribution in [3.8, 4) is 20.9 Å². The van der Waals surface area contributed by atoms with E-state index in [4.69, 9.17) is 0 Å². The van der Waals surface area contributed by atoms with Crippen LogP contribution >= 0.6 is 34.4 Å². The lowest BCUT2D eigenvalue weighted by atomic mass is 9.97. The van der Waals surface area contributed by atoms with Crippen LogP contribution in [0.2, 0.25) is 0 Å². The minimum Gasteiger partial charge on any atom is -0.135 e. The summed E-state index contributed by atoms with van der Waals surface area (Å²) in [5.74, 6) is 0. The van der Waals surface area contributed by atoms with Gasteiger partial charge in [0.25, 0.3) is 0 Å². The molecule has 3 heterocycles. The predicted molar refractivity (Wildman–Crippen MR) is 252 cm³/mol.